The monoisotopic (exact) mass is 320 g/mol. The molecule has 0 aliphatic carbocycles. The lowest BCUT2D eigenvalue weighted by Gasteiger charge is -2.17. The largest absolute Gasteiger partial charge is 0.304 e. The minimum atomic E-state index is -0.104. The molecule has 0 aliphatic heterocycles. The number of hydrogen-bond acceptors (Lipinski definition) is 3. The van der Waals surface area contributed by atoms with Gasteiger partial charge in [0.15, 0.2) is 0 Å². The summed E-state index contributed by atoms with van der Waals surface area (Å²) in [4.78, 5) is 5.32. The summed E-state index contributed by atoms with van der Waals surface area (Å²) in [7, 11) is 0. The number of rotatable bonds is 4. The van der Waals surface area contributed by atoms with E-state index in [1.165, 1.54) is 0 Å². The van der Waals surface area contributed by atoms with E-state index >= 15 is 0 Å². The molecule has 1 unspecified atom stereocenters. The van der Waals surface area contributed by atoms with Gasteiger partial charge in [-0.25, -0.2) is 0 Å². The van der Waals surface area contributed by atoms with Crippen molar-refractivity contribution in [3.05, 3.63) is 49.3 Å². The average molecular weight is 322 g/mol. The van der Waals surface area contributed by atoms with Gasteiger partial charge in [0, 0.05) is 11.1 Å². The molecule has 0 saturated heterocycles. The summed E-state index contributed by atoms with van der Waals surface area (Å²) >= 11 is 19.8. The van der Waals surface area contributed by atoms with Crippen LogP contribution in [0.15, 0.2) is 23.7 Å². The Hall–Kier alpha value is -0.320. The predicted molar refractivity (Wildman–Crippen MR) is 79.1 cm³/mol. The summed E-state index contributed by atoms with van der Waals surface area (Å²) in [6.07, 6.45) is 1.59. The molecule has 6 heteroatoms. The van der Waals surface area contributed by atoms with Crippen LogP contribution in [0, 0.1) is 0 Å². The summed E-state index contributed by atoms with van der Waals surface area (Å²) in [5.74, 6) is 0. The number of pyridine rings is 1. The highest BCUT2D eigenvalue weighted by molar-refractivity contribution is 7.10. The van der Waals surface area contributed by atoms with Crippen molar-refractivity contribution in [3.8, 4) is 0 Å². The van der Waals surface area contributed by atoms with Gasteiger partial charge < -0.3 is 5.32 Å². The lowest BCUT2D eigenvalue weighted by Crippen LogP contribution is -2.22. The summed E-state index contributed by atoms with van der Waals surface area (Å²) in [5.41, 5.74) is 0.743. The van der Waals surface area contributed by atoms with E-state index in [1.54, 1.807) is 23.6 Å². The van der Waals surface area contributed by atoms with Crippen molar-refractivity contribution < 1.29 is 0 Å². The van der Waals surface area contributed by atoms with Crippen LogP contribution >= 0.6 is 46.1 Å². The highest BCUT2D eigenvalue weighted by Crippen LogP contribution is 2.35. The smallest absolute Gasteiger partial charge is 0.0875 e. The van der Waals surface area contributed by atoms with Crippen molar-refractivity contribution in [3.63, 3.8) is 0 Å². The van der Waals surface area contributed by atoms with Crippen LogP contribution in [-0.2, 0) is 0 Å². The number of aromatic nitrogens is 1. The van der Waals surface area contributed by atoms with Gasteiger partial charge in [-0.05, 0) is 24.1 Å². The van der Waals surface area contributed by atoms with Gasteiger partial charge in [-0.2, -0.15) is 0 Å². The molecule has 1 N–H and O–H groups in total. The summed E-state index contributed by atoms with van der Waals surface area (Å²) in [6.45, 7) is 2.82. The zero-order valence-electron chi connectivity index (χ0n) is 9.58. The van der Waals surface area contributed by atoms with E-state index in [2.05, 4.69) is 10.3 Å². The molecule has 2 aromatic heterocycles. The molecule has 2 nitrogen and oxygen atoms in total. The minimum Gasteiger partial charge on any atom is -0.304 e. The number of hydrogen-bond donors (Lipinski definition) is 1. The molecule has 0 spiro atoms. The van der Waals surface area contributed by atoms with Gasteiger partial charge in [0.05, 0.1) is 26.8 Å². The zero-order valence-corrected chi connectivity index (χ0v) is 12.7. The molecule has 0 bridgehead atoms. The molecular formula is C12H11Cl3N2S. The quantitative estimate of drug-likeness (QED) is 0.874. The normalized spacial score (nSPS) is 12.7. The van der Waals surface area contributed by atoms with E-state index < -0.39 is 0 Å². The van der Waals surface area contributed by atoms with Crippen molar-refractivity contribution in [1.82, 2.24) is 10.3 Å². The van der Waals surface area contributed by atoms with Gasteiger partial charge >= 0.3 is 0 Å². The molecule has 0 saturated carbocycles. The molecular weight excluding hydrogens is 311 g/mol. The molecule has 0 aliphatic rings. The Morgan fingerprint density at radius 1 is 1.33 bits per heavy atom. The van der Waals surface area contributed by atoms with Crippen molar-refractivity contribution in [1.29, 1.82) is 0 Å². The SMILES string of the molecule is CCNC(c1ncc(Cl)cc1Cl)c1sccc1Cl. The van der Waals surface area contributed by atoms with Crippen LogP contribution in [0.5, 0.6) is 0 Å². The molecule has 96 valence electrons. The maximum atomic E-state index is 6.20. The second-order valence-electron chi connectivity index (χ2n) is 3.64. The van der Waals surface area contributed by atoms with Gasteiger partial charge in [0.1, 0.15) is 0 Å². The highest BCUT2D eigenvalue weighted by Gasteiger charge is 2.21. The highest BCUT2D eigenvalue weighted by atomic mass is 35.5. The van der Waals surface area contributed by atoms with E-state index in [0.717, 1.165) is 22.1 Å². The van der Waals surface area contributed by atoms with E-state index in [0.29, 0.717) is 10.0 Å². The van der Waals surface area contributed by atoms with E-state index in [-0.39, 0.29) is 6.04 Å². The topological polar surface area (TPSA) is 24.9 Å². The van der Waals surface area contributed by atoms with Gasteiger partial charge in [0.2, 0.25) is 0 Å². The molecule has 18 heavy (non-hydrogen) atoms. The van der Waals surface area contributed by atoms with Crippen LogP contribution in [0.4, 0.5) is 0 Å². The second kappa shape index (κ2) is 6.22. The second-order valence-corrected chi connectivity index (χ2v) is 5.84. The first-order valence-electron chi connectivity index (χ1n) is 5.40. The Labute approximate surface area is 125 Å². The van der Waals surface area contributed by atoms with Gasteiger partial charge in [0.25, 0.3) is 0 Å². The summed E-state index contributed by atoms with van der Waals surface area (Å²) < 4.78 is 0. The van der Waals surface area contributed by atoms with Crippen molar-refractivity contribution >= 4 is 46.1 Å². The zero-order chi connectivity index (χ0) is 13.1. The van der Waals surface area contributed by atoms with E-state index in [1.807, 2.05) is 18.4 Å². The first-order valence-corrected chi connectivity index (χ1v) is 7.42. The molecule has 1 atom stereocenters. The maximum absolute atomic E-state index is 6.20. The molecule has 2 aromatic rings. The first kappa shape index (κ1) is 14.1. The third-order valence-electron chi connectivity index (χ3n) is 2.42. The molecule has 0 radical (unpaired) electrons. The Balaban J connectivity index is 2.45. The molecule has 0 fully saturated rings. The molecule has 0 amide bonds. The fraction of sp³-hybridized carbons (Fsp3) is 0.250. The fourth-order valence-electron chi connectivity index (χ4n) is 1.67. The molecule has 2 heterocycles. The minimum absolute atomic E-state index is 0.104. The number of halogens is 3. The third kappa shape index (κ3) is 2.98. The Kier molecular flexibility index (Phi) is 4.87. The molecule has 2 rings (SSSR count). The van der Waals surface area contributed by atoms with Crippen molar-refractivity contribution in [2.75, 3.05) is 6.54 Å². The van der Waals surface area contributed by atoms with Crippen LogP contribution in [0.1, 0.15) is 23.5 Å². The van der Waals surface area contributed by atoms with Crippen molar-refractivity contribution in [2.45, 2.75) is 13.0 Å². The Morgan fingerprint density at radius 3 is 2.67 bits per heavy atom. The first-order chi connectivity index (χ1) is 8.63. The van der Waals surface area contributed by atoms with Crippen LogP contribution < -0.4 is 5.32 Å². The third-order valence-corrected chi connectivity index (χ3v) is 4.36. The Morgan fingerprint density at radius 2 is 2.11 bits per heavy atom. The maximum Gasteiger partial charge on any atom is 0.0875 e. The van der Waals surface area contributed by atoms with Crippen LogP contribution in [0.2, 0.25) is 15.1 Å². The summed E-state index contributed by atoms with van der Waals surface area (Å²) in [6, 6.07) is 3.46. The fourth-order valence-corrected chi connectivity index (χ4v) is 3.40. The van der Waals surface area contributed by atoms with E-state index in [9.17, 15) is 0 Å². The van der Waals surface area contributed by atoms with Crippen LogP contribution in [0.3, 0.4) is 0 Å². The number of nitrogens with zero attached hydrogens (tertiary/aromatic N) is 1. The van der Waals surface area contributed by atoms with Crippen LogP contribution in [-0.4, -0.2) is 11.5 Å². The lowest BCUT2D eigenvalue weighted by molar-refractivity contribution is 0.624. The van der Waals surface area contributed by atoms with Gasteiger partial charge in [-0.3, -0.25) is 4.98 Å². The van der Waals surface area contributed by atoms with E-state index in [4.69, 9.17) is 34.8 Å². The Bertz CT molecular complexity index is 542. The van der Waals surface area contributed by atoms with Crippen molar-refractivity contribution in [2.24, 2.45) is 0 Å². The standard InChI is InChI=1S/C12H11Cl3N2S/c1-2-16-11(12-8(14)3-4-18-12)10-9(15)5-7(13)6-17-10/h3-6,11,16H,2H2,1H3. The van der Waals surface area contributed by atoms with Gasteiger partial charge in [-0.1, -0.05) is 41.7 Å². The number of nitrogens with one attached hydrogen (secondary N) is 1. The average Bonchev–Trinajstić information content (AvgIpc) is 2.73. The lowest BCUT2D eigenvalue weighted by atomic mass is 10.1. The number of thiophene rings is 1. The van der Waals surface area contributed by atoms with Gasteiger partial charge in [-0.15, -0.1) is 11.3 Å². The molecule has 0 aromatic carbocycles. The predicted octanol–water partition coefficient (Wildman–Crippen LogP) is 4.80. The summed E-state index contributed by atoms with van der Waals surface area (Å²) in [5, 5.41) is 7.07. The van der Waals surface area contributed by atoms with Crippen LogP contribution in [0.25, 0.3) is 0 Å².